The van der Waals surface area contributed by atoms with Gasteiger partial charge in [-0.1, -0.05) is 25.6 Å². The van der Waals surface area contributed by atoms with Crippen LogP contribution in [-0.4, -0.2) is 26.3 Å². The summed E-state index contributed by atoms with van der Waals surface area (Å²) in [5, 5.41) is 9.61. The predicted molar refractivity (Wildman–Crippen MR) is 72.6 cm³/mol. The van der Waals surface area contributed by atoms with Gasteiger partial charge >= 0.3 is 5.97 Å². The molecule has 2 aromatic rings. The molecule has 2 rings (SSSR count). The molecule has 0 spiro atoms. The number of rotatable bonds is 4. The van der Waals surface area contributed by atoms with Crippen molar-refractivity contribution in [2.24, 2.45) is 5.92 Å². The molecule has 0 saturated carbocycles. The quantitative estimate of drug-likeness (QED) is 0.583. The number of nitrogen functional groups attached to an aromatic ring is 1. The average molecular weight is 265 g/mol. The van der Waals surface area contributed by atoms with Crippen molar-refractivity contribution in [2.75, 3.05) is 5.73 Å². The first-order valence-electron chi connectivity index (χ1n) is 5.62. The molecule has 6 heteroatoms. The van der Waals surface area contributed by atoms with E-state index in [0.29, 0.717) is 5.69 Å². The number of nitrogens with two attached hydrogens (primary N) is 1. The van der Waals surface area contributed by atoms with Gasteiger partial charge in [0.1, 0.15) is 0 Å². The van der Waals surface area contributed by atoms with Crippen LogP contribution in [0, 0.1) is 5.92 Å². The van der Waals surface area contributed by atoms with Crippen LogP contribution in [0.25, 0.3) is 11.0 Å². The lowest BCUT2D eigenvalue weighted by Gasteiger charge is -2.13. The summed E-state index contributed by atoms with van der Waals surface area (Å²) in [5.74, 6) is -1.22. The number of hydrogen-bond acceptors (Lipinski definition) is 4. The molecule has 0 radical (unpaired) electrons. The Hall–Kier alpha value is -1.69. The zero-order chi connectivity index (χ0) is 13.3. The lowest BCUT2D eigenvalue weighted by Crippen LogP contribution is -2.20. The summed E-state index contributed by atoms with van der Waals surface area (Å²) in [4.78, 5) is 18.4. The van der Waals surface area contributed by atoms with Crippen molar-refractivity contribution in [2.45, 2.75) is 24.3 Å². The van der Waals surface area contributed by atoms with Gasteiger partial charge in [0, 0.05) is 10.9 Å². The van der Waals surface area contributed by atoms with Crippen LogP contribution < -0.4 is 5.73 Å². The van der Waals surface area contributed by atoms with Crippen molar-refractivity contribution >= 4 is 34.5 Å². The van der Waals surface area contributed by atoms with Gasteiger partial charge in [-0.3, -0.25) is 4.79 Å². The highest BCUT2D eigenvalue weighted by molar-refractivity contribution is 7.99. The molecule has 96 valence electrons. The molecule has 0 aliphatic heterocycles. The molecule has 0 aliphatic rings. The third-order valence-corrected chi connectivity index (χ3v) is 4.07. The Morgan fingerprint density at radius 3 is 2.89 bits per heavy atom. The summed E-state index contributed by atoms with van der Waals surface area (Å²) < 4.78 is 0. The number of hydrogen-bond donors (Lipinski definition) is 3. The number of nitrogens with zero attached hydrogens (tertiary/aromatic N) is 1. The largest absolute Gasteiger partial charge is 0.481 e. The minimum atomic E-state index is -0.796. The molecule has 0 bridgehead atoms. The van der Waals surface area contributed by atoms with E-state index >= 15 is 0 Å². The van der Waals surface area contributed by atoms with Crippen molar-refractivity contribution in [3.63, 3.8) is 0 Å². The third kappa shape index (κ3) is 2.59. The molecule has 0 amide bonds. The number of carbonyl (C=O) groups is 1. The SMILES string of the molecule is CC(Sc1nc2ccc(N)cc2[nH]1)C(C)C(=O)O. The number of carboxylic acid groups (broad SMARTS) is 1. The number of nitrogens with one attached hydrogen (secondary N) is 1. The summed E-state index contributed by atoms with van der Waals surface area (Å²) in [6.45, 7) is 3.58. The van der Waals surface area contributed by atoms with Gasteiger partial charge in [-0.05, 0) is 18.2 Å². The monoisotopic (exact) mass is 265 g/mol. The van der Waals surface area contributed by atoms with E-state index in [9.17, 15) is 4.79 Å². The number of thioether (sulfide) groups is 1. The molecular formula is C12H15N3O2S. The van der Waals surface area contributed by atoms with Gasteiger partial charge in [0.25, 0.3) is 0 Å². The van der Waals surface area contributed by atoms with Crippen LogP contribution in [0.15, 0.2) is 23.4 Å². The Kier molecular flexibility index (Phi) is 3.47. The van der Waals surface area contributed by atoms with E-state index in [-0.39, 0.29) is 5.25 Å². The maximum atomic E-state index is 10.9. The molecule has 18 heavy (non-hydrogen) atoms. The fourth-order valence-electron chi connectivity index (χ4n) is 1.54. The van der Waals surface area contributed by atoms with Gasteiger partial charge in [-0.15, -0.1) is 0 Å². The molecule has 4 N–H and O–H groups in total. The maximum Gasteiger partial charge on any atom is 0.307 e. The molecule has 5 nitrogen and oxygen atoms in total. The molecule has 1 heterocycles. The zero-order valence-electron chi connectivity index (χ0n) is 10.2. The highest BCUT2D eigenvalue weighted by Gasteiger charge is 2.21. The Bertz CT molecular complexity index is 582. The van der Waals surface area contributed by atoms with Gasteiger partial charge in [0.15, 0.2) is 5.16 Å². The Morgan fingerprint density at radius 2 is 2.22 bits per heavy atom. The first-order valence-corrected chi connectivity index (χ1v) is 6.50. The fourth-order valence-corrected chi connectivity index (χ4v) is 2.53. The number of anilines is 1. The first-order chi connectivity index (χ1) is 8.47. The van der Waals surface area contributed by atoms with E-state index in [1.54, 1.807) is 13.0 Å². The van der Waals surface area contributed by atoms with Crippen molar-refractivity contribution in [3.05, 3.63) is 18.2 Å². The molecule has 0 fully saturated rings. The Morgan fingerprint density at radius 1 is 1.50 bits per heavy atom. The van der Waals surface area contributed by atoms with E-state index < -0.39 is 11.9 Å². The van der Waals surface area contributed by atoms with Gasteiger partial charge in [-0.2, -0.15) is 0 Å². The van der Waals surface area contributed by atoms with Gasteiger partial charge in [0.2, 0.25) is 0 Å². The number of H-pyrrole nitrogens is 1. The topological polar surface area (TPSA) is 92.0 Å². The second-order valence-corrected chi connectivity index (χ2v) is 5.63. The molecule has 2 atom stereocenters. The van der Waals surface area contributed by atoms with Crippen molar-refractivity contribution < 1.29 is 9.90 Å². The number of aliphatic carboxylic acids is 1. The number of aromatic nitrogens is 2. The lowest BCUT2D eigenvalue weighted by molar-refractivity contribution is -0.140. The highest BCUT2D eigenvalue weighted by atomic mass is 32.2. The summed E-state index contributed by atoms with van der Waals surface area (Å²) in [5.41, 5.74) is 8.07. The van der Waals surface area contributed by atoms with Crippen molar-refractivity contribution in [1.82, 2.24) is 9.97 Å². The van der Waals surface area contributed by atoms with Crippen LogP contribution in [0.4, 0.5) is 5.69 Å². The maximum absolute atomic E-state index is 10.9. The van der Waals surface area contributed by atoms with Crippen molar-refractivity contribution in [1.29, 1.82) is 0 Å². The molecule has 2 unspecified atom stereocenters. The number of fused-ring (bicyclic) bond motifs is 1. The molecule has 1 aromatic carbocycles. The Labute approximate surface area is 109 Å². The third-order valence-electron chi connectivity index (χ3n) is 2.88. The normalized spacial score (nSPS) is 14.6. The van der Waals surface area contributed by atoms with Crippen LogP contribution >= 0.6 is 11.8 Å². The Balaban J connectivity index is 2.19. The van der Waals surface area contributed by atoms with E-state index in [0.717, 1.165) is 16.2 Å². The summed E-state index contributed by atoms with van der Waals surface area (Å²) in [6.07, 6.45) is 0. The van der Waals surface area contributed by atoms with E-state index in [1.807, 2.05) is 19.1 Å². The number of aromatic amines is 1. The number of imidazole rings is 1. The second-order valence-electron chi connectivity index (χ2n) is 4.27. The van der Waals surface area contributed by atoms with Crippen LogP contribution in [0.2, 0.25) is 0 Å². The first kappa shape index (κ1) is 12.8. The predicted octanol–water partition coefficient (Wildman–Crippen LogP) is 2.35. The molecule has 1 aromatic heterocycles. The summed E-state index contributed by atoms with van der Waals surface area (Å²) >= 11 is 1.42. The van der Waals surface area contributed by atoms with Crippen LogP contribution in [0.3, 0.4) is 0 Å². The van der Waals surface area contributed by atoms with Crippen LogP contribution in [0.1, 0.15) is 13.8 Å². The molecular weight excluding hydrogens is 250 g/mol. The van der Waals surface area contributed by atoms with E-state index in [2.05, 4.69) is 9.97 Å². The average Bonchev–Trinajstić information content (AvgIpc) is 2.68. The van der Waals surface area contributed by atoms with Crippen LogP contribution in [0.5, 0.6) is 0 Å². The molecule has 0 saturated heterocycles. The van der Waals surface area contributed by atoms with Gasteiger partial charge in [-0.25, -0.2) is 4.98 Å². The smallest absolute Gasteiger partial charge is 0.307 e. The number of benzene rings is 1. The second kappa shape index (κ2) is 4.89. The fraction of sp³-hybridized carbons (Fsp3) is 0.333. The lowest BCUT2D eigenvalue weighted by atomic mass is 10.1. The minimum Gasteiger partial charge on any atom is -0.481 e. The van der Waals surface area contributed by atoms with Gasteiger partial charge < -0.3 is 15.8 Å². The van der Waals surface area contributed by atoms with Gasteiger partial charge in [0.05, 0.1) is 17.0 Å². The van der Waals surface area contributed by atoms with E-state index in [1.165, 1.54) is 11.8 Å². The summed E-state index contributed by atoms with van der Waals surface area (Å²) in [7, 11) is 0. The standard InChI is InChI=1S/C12H15N3O2S/c1-6(11(16)17)7(2)18-12-14-9-4-3-8(13)5-10(9)15-12/h3-7H,13H2,1-2H3,(H,14,15)(H,16,17). The minimum absolute atomic E-state index is 0.0552. The molecule has 0 aliphatic carbocycles. The highest BCUT2D eigenvalue weighted by Crippen LogP contribution is 2.28. The number of carboxylic acids is 1. The van der Waals surface area contributed by atoms with Crippen molar-refractivity contribution in [3.8, 4) is 0 Å². The van der Waals surface area contributed by atoms with E-state index in [4.69, 9.17) is 10.8 Å². The zero-order valence-corrected chi connectivity index (χ0v) is 11.0. The van der Waals surface area contributed by atoms with Crippen LogP contribution in [-0.2, 0) is 4.79 Å². The summed E-state index contributed by atoms with van der Waals surface area (Å²) in [6, 6.07) is 5.45.